The summed E-state index contributed by atoms with van der Waals surface area (Å²) in [6.45, 7) is 5.80. The van der Waals surface area contributed by atoms with E-state index in [1.807, 2.05) is 43.0 Å². The third-order valence-electron chi connectivity index (χ3n) is 5.51. The Morgan fingerprint density at radius 2 is 1.69 bits per heavy atom. The number of sulfonamides is 1. The van der Waals surface area contributed by atoms with Crippen LogP contribution in [-0.4, -0.2) is 56.8 Å². The minimum atomic E-state index is -3.52. The molecule has 1 heterocycles. The van der Waals surface area contributed by atoms with E-state index >= 15 is 0 Å². The average Bonchev–Trinajstić information content (AvgIpc) is 3.24. The van der Waals surface area contributed by atoms with Crippen molar-refractivity contribution < 1.29 is 17.9 Å². The number of likely N-dealkylation sites (tertiary alicyclic amines) is 1. The van der Waals surface area contributed by atoms with Crippen molar-refractivity contribution in [2.24, 2.45) is 0 Å². The Bertz CT molecular complexity index is 936. The third kappa shape index (κ3) is 4.46. The van der Waals surface area contributed by atoms with Crippen LogP contribution in [0.5, 0.6) is 5.75 Å². The largest absolute Gasteiger partial charge is 0.497 e. The summed E-state index contributed by atoms with van der Waals surface area (Å²) < 4.78 is 31.8. The molecule has 0 saturated carbocycles. The minimum Gasteiger partial charge on any atom is -0.497 e. The number of amides is 1. The summed E-state index contributed by atoms with van der Waals surface area (Å²) in [5.41, 5.74) is 1.71. The molecule has 0 spiro atoms. The number of methoxy groups -OCH3 is 1. The van der Waals surface area contributed by atoms with Gasteiger partial charge in [-0.3, -0.25) is 4.79 Å². The van der Waals surface area contributed by atoms with Crippen molar-refractivity contribution >= 4 is 15.9 Å². The highest BCUT2D eigenvalue weighted by atomic mass is 32.2. The van der Waals surface area contributed by atoms with Crippen LogP contribution in [0.1, 0.15) is 42.1 Å². The molecular weight excluding hydrogens is 388 g/mol. The van der Waals surface area contributed by atoms with Crippen molar-refractivity contribution in [2.75, 3.05) is 33.3 Å². The maximum absolute atomic E-state index is 12.9. The van der Waals surface area contributed by atoms with Crippen LogP contribution >= 0.6 is 0 Å². The van der Waals surface area contributed by atoms with Crippen molar-refractivity contribution in [3.63, 3.8) is 0 Å². The van der Waals surface area contributed by atoms with E-state index in [9.17, 15) is 13.2 Å². The molecule has 0 aromatic heterocycles. The molecule has 0 N–H and O–H groups in total. The van der Waals surface area contributed by atoms with E-state index in [1.54, 1.807) is 19.2 Å². The number of hydrogen-bond donors (Lipinski definition) is 0. The first-order valence-corrected chi connectivity index (χ1v) is 11.4. The zero-order valence-corrected chi connectivity index (χ0v) is 18.0. The van der Waals surface area contributed by atoms with Crippen LogP contribution in [0.3, 0.4) is 0 Å². The van der Waals surface area contributed by atoms with E-state index in [0.29, 0.717) is 37.7 Å². The van der Waals surface area contributed by atoms with E-state index in [0.717, 1.165) is 12.2 Å². The Morgan fingerprint density at radius 3 is 2.24 bits per heavy atom. The van der Waals surface area contributed by atoms with E-state index in [4.69, 9.17) is 4.74 Å². The molecule has 29 heavy (non-hydrogen) atoms. The number of ether oxygens (including phenoxy) is 1. The smallest absolute Gasteiger partial charge is 0.253 e. The van der Waals surface area contributed by atoms with Gasteiger partial charge in [0, 0.05) is 37.7 Å². The highest BCUT2D eigenvalue weighted by Crippen LogP contribution is 2.29. The molecule has 1 amide bonds. The van der Waals surface area contributed by atoms with Crippen molar-refractivity contribution in [3.05, 3.63) is 59.7 Å². The Labute approximate surface area is 173 Å². The molecular formula is C22H28N2O4S. The molecule has 1 aliphatic rings. The van der Waals surface area contributed by atoms with Gasteiger partial charge in [-0.05, 0) is 48.4 Å². The highest BCUT2D eigenvalue weighted by molar-refractivity contribution is 7.89. The Hall–Kier alpha value is -2.38. The summed E-state index contributed by atoms with van der Waals surface area (Å²) in [6.07, 6.45) is 0.909. The molecule has 3 rings (SSSR count). The van der Waals surface area contributed by atoms with Crippen LogP contribution < -0.4 is 4.74 Å². The molecule has 1 aliphatic heterocycles. The lowest BCUT2D eigenvalue weighted by molar-refractivity contribution is 0.0790. The normalized spacial score (nSPS) is 17.0. The second kappa shape index (κ2) is 8.97. The fourth-order valence-electron chi connectivity index (χ4n) is 3.76. The second-order valence-corrected chi connectivity index (χ2v) is 9.06. The lowest BCUT2D eigenvalue weighted by Crippen LogP contribution is -2.31. The van der Waals surface area contributed by atoms with Crippen molar-refractivity contribution in [1.29, 1.82) is 0 Å². The lowest BCUT2D eigenvalue weighted by Gasteiger charge is -2.19. The molecule has 156 valence electrons. The molecule has 1 saturated heterocycles. The molecule has 0 bridgehead atoms. The molecule has 0 aliphatic carbocycles. The first-order chi connectivity index (χ1) is 13.9. The maximum atomic E-state index is 12.9. The fourth-order valence-corrected chi connectivity index (χ4v) is 5.22. The van der Waals surface area contributed by atoms with Crippen LogP contribution in [0.4, 0.5) is 0 Å². The molecule has 1 unspecified atom stereocenters. The zero-order valence-electron chi connectivity index (χ0n) is 17.2. The van der Waals surface area contributed by atoms with Crippen LogP contribution in [0.15, 0.2) is 53.4 Å². The third-order valence-corrected chi connectivity index (χ3v) is 7.57. The van der Waals surface area contributed by atoms with Gasteiger partial charge in [-0.1, -0.05) is 26.0 Å². The van der Waals surface area contributed by atoms with Crippen LogP contribution in [0.25, 0.3) is 0 Å². The van der Waals surface area contributed by atoms with E-state index in [1.165, 1.54) is 22.0 Å². The number of carbonyl (C=O) groups is 1. The van der Waals surface area contributed by atoms with Gasteiger partial charge in [-0.25, -0.2) is 8.42 Å². The summed E-state index contributed by atoms with van der Waals surface area (Å²) >= 11 is 0. The number of rotatable bonds is 7. The van der Waals surface area contributed by atoms with Crippen molar-refractivity contribution in [2.45, 2.75) is 31.1 Å². The predicted molar refractivity (Wildman–Crippen MR) is 113 cm³/mol. The lowest BCUT2D eigenvalue weighted by atomic mass is 9.98. The molecule has 0 radical (unpaired) electrons. The zero-order chi connectivity index (χ0) is 21.0. The summed E-state index contributed by atoms with van der Waals surface area (Å²) in [4.78, 5) is 14.9. The average molecular weight is 417 g/mol. The Kier molecular flexibility index (Phi) is 6.59. The van der Waals surface area contributed by atoms with Crippen molar-refractivity contribution in [1.82, 2.24) is 9.21 Å². The standard InChI is InChI=1S/C22H28N2O4S/c1-4-24(5-2)29(26,27)21-12-8-18(9-13-21)22(25)23-15-14-19(16-23)17-6-10-20(28-3)11-7-17/h6-13,19H,4-5,14-16H2,1-3H3. The Balaban J connectivity index is 1.69. The van der Waals surface area contributed by atoms with Crippen LogP contribution in [0, 0.1) is 0 Å². The molecule has 6 nitrogen and oxygen atoms in total. The molecule has 7 heteroatoms. The molecule has 2 aromatic rings. The van der Waals surface area contributed by atoms with Crippen LogP contribution in [-0.2, 0) is 10.0 Å². The molecule has 1 fully saturated rings. The minimum absolute atomic E-state index is 0.0622. The fraction of sp³-hybridized carbons (Fsp3) is 0.409. The summed E-state index contributed by atoms with van der Waals surface area (Å²) in [5.74, 6) is 1.06. The van der Waals surface area contributed by atoms with Gasteiger partial charge in [0.2, 0.25) is 10.0 Å². The summed E-state index contributed by atoms with van der Waals surface area (Å²) in [7, 11) is -1.87. The summed E-state index contributed by atoms with van der Waals surface area (Å²) in [5, 5.41) is 0. The highest BCUT2D eigenvalue weighted by Gasteiger charge is 2.28. The second-order valence-electron chi connectivity index (χ2n) is 7.12. The van der Waals surface area contributed by atoms with Gasteiger partial charge in [0.1, 0.15) is 5.75 Å². The Morgan fingerprint density at radius 1 is 1.07 bits per heavy atom. The van der Waals surface area contributed by atoms with E-state index < -0.39 is 10.0 Å². The van der Waals surface area contributed by atoms with Gasteiger partial charge in [0.15, 0.2) is 0 Å². The van der Waals surface area contributed by atoms with Crippen molar-refractivity contribution in [3.8, 4) is 5.75 Å². The quantitative estimate of drug-likeness (QED) is 0.694. The van der Waals surface area contributed by atoms with Crippen LogP contribution in [0.2, 0.25) is 0 Å². The predicted octanol–water partition coefficient (Wildman–Crippen LogP) is 3.36. The first-order valence-electron chi connectivity index (χ1n) is 9.94. The van der Waals surface area contributed by atoms with Gasteiger partial charge >= 0.3 is 0 Å². The van der Waals surface area contributed by atoms with Gasteiger partial charge in [0.05, 0.1) is 12.0 Å². The van der Waals surface area contributed by atoms with Gasteiger partial charge in [-0.15, -0.1) is 0 Å². The summed E-state index contributed by atoms with van der Waals surface area (Å²) in [6, 6.07) is 14.2. The van der Waals surface area contributed by atoms with Gasteiger partial charge < -0.3 is 9.64 Å². The topological polar surface area (TPSA) is 66.9 Å². The monoisotopic (exact) mass is 416 g/mol. The first kappa shape index (κ1) is 21.3. The molecule has 1 atom stereocenters. The number of benzene rings is 2. The SMILES string of the molecule is CCN(CC)S(=O)(=O)c1ccc(C(=O)N2CCC(c3ccc(OC)cc3)C2)cc1. The van der Waals surface area contributed by atoms with E-state index in [2.05, 4.69) is 0 Å². The number of hydrogen-bond acceptors (Lipinski definition) is 4. The number of nitrogens with zero attached hydrogens (tertiary/aromatic N) is 2. The molecule has 2 aromatic carbocycles. The number of carbonyl (C=O) groups excluding carboxylic acids is 1. The van der Waals surface area contributed by atoms with Gasteiger partial charge in [-0.2, -0.15) is 4.31 Å². The van der Waals surface area contributed by atoms with Gasteiger partial charge in [0.25, 0.3) is 5.91 Å². The maximum Gasteiger partial charge on any atom is 0.253 e. The van der Waals surface area contributed by atoms with E-state index in [-0.39, 0.29) is 10.8 Å².